The highest BCUT2D eigenvalue weighted by Gasteiger charge is 2.28. The van der Waals surface area contributed by atoms with Crippen LogP contribution in [0.4, 0.5) is 0 Å². The molecule has 9 heteroatoms. The Morgan fingerprint density at radius 2 is 1.64 bits per heavy atom. The van der Waals surface area contributed by atoms with Gasteiger partial charge in [0.2, 0.25) is 10.0 Å². The van der Waals surface area contributed by atoms with Crippen LogP contribution in [-0.4, -0.2) is 81.4 Å². The Balaban J connectivity index is 1.39. The van der Waals surface area contributed by atoms with E-state index in [-0.39, 0.29) is 5.91 Å². The van der Waals surface area contributed by atoms with Crippen molar-refractivity contribution in [3.05, 3.63) is 100 Å². The monoisotopic (exact) mass is 611 g/mol. The highest BCUT2D eigenvalue weighted by Crippen LogP contribution is 2.21. The van der Waals surface area contributed by atoms with Gasteiger partial charge in [0, 0.05) is 61.4 Å². The molecule has 1 heterocycles. The largest absolute Gasteiger partial charge is 0.496 e. The average Bonchev–Trinajstić information content (AvgIpc) is 2.95. The number of aryl methyl sites for hydroxylation is 1. The van der Waals surface area contributed by atoms with E-state index in [1.165, 1.54) is 4.31 Å². The normalized spacial score (nSPS) is 14.9. The van der Waals surface area contributed by atoms with Gasteiger partial charge in [-0.15, -0.1) is 0 Å². The third-order valence-electron chi connectivity index (χ3n) is 6.82. The zero-order chi connectivity index (χ0) is 27.8. The van der Waals surface area contributed by atoms with E-state index in [2.05, 4.69) is 20.8 Å². The minimum Gasteiger partial charge on any atom is -0.496 e. The quantitative estimate of drug-likeness (QED) is 0.325. The zero-order valence-corrected chi connectivity index (χ0v) is 24.7. The number of sulfonamides is 1. The predicted molar refractivity (Wildman–Crippen MR) is 158 cm³/mol. The number of amides is 1. The molecule has 1 aliphatic heterocycles. The fraction of sp³-hybridized carbons (Fsp3) is 0.300. The lowest BCUT2D eigenvalue weighted by Gasteiger charge is -2.35. The summed E-state index contributed by atoms with van der Waals surface area (Å²) in [5, 5.41) is 0. The number of piperazine rings is 1. The van der Waals surface area contributed by atoms with E-state index in [0.29, 0.717) is 56.3 Å². The summed E-state index contributed by atoms with van der Waals surface area (Å²) >= 11 is 3.35. The van der Waals surface area contributed by atoms with E-state index in [0.717, 1.165) is 21.3 Å². The lowest BCUT2D eigenvalue weighted by molar-refractivity contribution is 0.0745. The SMILES string of the molecule is COc1ccccc1/C=C/CN(CCN1CCN(S(=O)(=O)c2ccc(Br)cc2)CC1)C(=O)c1ccc(C)cc1. The molecule has 0 aromatic heterocycles. The first-order chi connectivity index (χ1) is 18.8. The number of hydrogen-bond acceptors (Lipinski definition) is 5. The molecule has 3 aromatic rings. The lowest BCUT2D eigenvalue weighted by Crippen LogP contribution is -2.50. The third kappa shape index (κ3) is 7.57. The molecule has 0 saturated carbocycles. The van der Waals surface area contributed by atoms with Crippen molar-refractivity contribution in [3.63, 3.8) is 0 Å². The maximum atomic E-state index is 13.4. The molecule has 3 aromatic carbocycles. The standard InChI is InChI=1S/C30H34BrN3O4S/c1-24-9-11-26(12-10-24)30(35)33(17-5-7-25-6-3-4-8-29(25)38-2)21-18-32-19-22-34(23-20-32)39(36,37)28-15-13-27(31)14-16-28/h3-16H,17-23H2,1-2H3/b7-5+. The summed E-state index contributed by atoms with van der Waals surface area (Å²) in [6, 6.07) is 22.1. The molecule has 1 amide bonds. The minimum atomic E-state index is -3.53. The van der Waals surface area contributed by atoms with Crippen molar-refractivity contribution >= 4 is 37.9 Å². The Hall–Kier alpha value is -2.98. The number of rotatable bonds is 10. The lowest BCUT2D eigenvalue weighted by atomic mass is 10.1. The number of ether oxygens (including phenoxy) is 1. The number of benzene rings is 3. The van der Waals surface area contributed by atoms with E-state index in [1.54, 1.807) is 31.4 Å². The van der Waals surface area contributed by atoms with Gasteiger partial charge in [0.15, 0.2) is 0 Å². The van der Waals surface area contributed by atoms with Crippen LogP contribution in [0.25, 0.3) is 6.08 Å². The number of methoxy groups -OCH3 is 1. The van der Waals surface area contributed by atoms with Gasteiger partial charge >= 0.3 is 0 Å². The van der Waals surface area contributed by atoms with Crippen molar-refractivity contribution in [1.29, 1.82) is 0 Å². The Labute approximate surface area is 239 Å². The number of nitrogens with zero attached hydrogens (tertiary/aromatic N) is 3. The summed E-state index contributed by atoms with van der Waals surface area (Å²) in [4.78, 5) is 17.8. The van der Waals surface area contributed by atoms with Gasteiger partial charge in [-0.25, -0.2) is 8.42 Å². The van der Waals surface area contributed by atoms with Crippen LogP contribution in [0.15, 0.2) is 88.2 Å². The van der Waals surface area contributed by atoms with Crippen molar-refractivity contribution in [2.24, 2.45) is 0 Å². The van der Waals surface area contributed by atoms with Crippen LogP contribution >= 0.6 is 15.9 Å². The smallest absolute Gasteiger partial charge is 0.254 e. The van der Waals surface area contributed by atoms with Gasteiger partial charge in [-0.05, 0) is 49.4 Å². The fourth-order valence-electron chi connectivity index (χ4n) is 4.48. The van der Waals surface area contributed by atoms with Gasteiger partial charge in [-0.2, -0.15) is 4.31 Å². The second kappa shape index (κ2) is 13.4. The van der Waals surface area contributed by atoms with Crippen molar-refractivity contribution in [1.82, 2.24) is 14.1 Å². The van der Waals surface area contributed by atoms with Crippen LogP contribution in [0.1, 0.15) is 21.5 Å². The highest BCUT2D eigenvalue weighted by atomic mass is 79.9. The molecule has 1 fully saturated rings. The van der Waals surface area contributed by atoms with E-state index in [4.69, 9.17) is 4.74 Å². The maximum Gasteiger partial charge on any atom is 0.254 e. The van der Waals surface area contributed by atoms with E-state index >= 15 is 0 Å². The van der Waals surface area contributed by atoms with Gasteiger partial charge in [-0.1, -0.05) is 64.0 Å². The molecule has 39 heavy (non-hydrogen) atoms. The van der Waals surface area contributed by atoms with E-state index in [9.17, 15) is 13.2 Å². The van der Waals surface area contributed by atoms with E-state index < -0.39 is 10.0 Å². The van der Waals surface area contributed by atoms with Crippen LogP contribution in [0.5, 0.6) is 5.75 Å². The fourth-order valence-corrected chi connectivity index (χ4v) is 6.16. The van der Waals surface area contributed by atoms with Crippen LogP contribution in [0.2, 0.25) is 0 Å². The van der Waals surface area contributed by atoms with Crippen molar-refractivity contribution in [2.75, 3.05) is 52.9 Å². The van der Waals surface area contributed by atoms with Crippen molar-refractivity contribution in [3.8, 4) is 5.75 Å². The second-order valence-electron chi connectivity index (χ2n) is 9.46. The average molecular weight is 613 g/mol. The molecule has 0 N–H and O–H groups in total. The maximum absolute atomic E-state index is 13.4. The molecule has 0 radical (unpaired) electrons. The van der Waals surface area contributed by atoms with Gasteiger partial charge in [0.05, 0.1) is 12.0 Å². The summed E-state index contributed by atoms with van der Waals surface area (Å²) in [5.41, 5.74) is 2.70. The number of halogens is 1. The number of hydrogen-bond donors (Lipinski definition) is 0. The summed E-state index contributed by atoms with van der Waals surface area (Å²) < 4.78 is 33.9. The third-order valence-corrected chi connectivity index (χ3v) is 9.26. The van der Waals surface area contributed by atoms with Gasteiger partial charge in [-0.3, -0.25) is 9.69 Å². The van der Waals surface area contributed by atoms with Crippen molar-refractivity contribution < 1.29 is 17.9 Å². The first kappa shape index (κ1) is 29.0. The van der Waals surface area contributed by atoms with Gasteiger partial charge in [0.25, 0.3) is 5.91 Å². The second-order valence-corrected chi connectivity index (χ2v) is 12.3. The molecule has 1 saturated heterocycles. The Kier molecular flexibility index (Phi) is 9.96. The molecule has 4 rings (SSSR count). The molecule has 0 spiro atoms. The van der Waals surface area contributed by atoms with E-state index in [1.807, 2.05) is 72.5 Å². The van der Waals surface area contributed by atoms with Crippen LogP contribution in [-0.2, 0) is 10.0 Å². The van der Waals surface area contributed by atoms with Gasteiger partial charge in [0.1, 0.15) is 5.75 Å². The number of carbonyl (C=O) groups is 1. The summed E-state index contributed by atoms with van der Waals surface area (Å²) in [6.07, 6.45) is 3.95. The summed E-state index contributed by atoms with van der Waals surface area (Å²) in [6.45, 7) is 5.69. The van der Waals surface area contributed by atoms with Crippen LogP contribution in [0.3, 0.4) is 0 Å². The van der Waals surface area contributed by atoms with Gasteiger partial charge < -0.3 is 9.64 Å². The molecule has 7 nitrogen and oxygen atoms in total. The number of para-hydroxylation sites is 1. The molecule has 0 aliphatic carbocycles. The van der Waals surface area contributed by atoms with Crippen LogP contribution < -0.4 is 4.74 Å². The molecule has 0 unspecified atom stereocenters. The van der Waals surface area contributed by atoms with Crippen molar-refractivity contribution in [2.45, 2.75) is 11.8 Å². The first-order valence-corrected chi connectivity index (χ1v) is 15.1. The molecular formula is C30H34BrN3O4S. The Morgan fingerprint density at radius 3 is 2.31 bits per heavy atom. The molecule has 0 bridgehead atoms. The number of carbonyl (C=O) groups excluding carboxylic acids is 1. The molecule has 0 atom stereocenters. The van der Waals surface area contributed by atoms with Crippen LogP contribution in [0, 0.1) is 6.92 Å². The predicted octanol–water partition coefficient (Wildman–Crippen LogP) is 4.93. The first-order valence-electron chi connectivity index (χ1n) is 12.9. The molecule has 1 aliphatic rings. The molecular weight excluding hydrogens is 578 g/mol. The Morgan fingerprint density at radius 1 is 0.974 bits per heavy atom. The molecule has 206 valence electrons. The highest BCUT2D eigenvalue weighted by molar-refractivity contribution is 9.10. The topological polar surface area (TPSA) is 70.2 Å². The zero-order valence-electron chi connectivity index (χ0n) is 22.3. The minimum absolute atomic E-state index is 0.0314. The Bertz CT molecular complexity index is 1380. The summed E-state index contributed by atoms with van der Waals surface area (Å²) in [7, 11) is -1.89. The summed E-state index contributed by atoms with van der Waals surface area (Å²) in [5.74, 6) is 0.747.